The quantitative estimate of drug-likeness (QED) is 0.828. The highest BCUT2D eigenvalue weighted by Crippen LogP contribution is 2.28. The first-order valence-electron chi connectivity index (χ1n) is 7.34. The minimum Gasteiger partial charge on any atom is -0.369 e. The van der Waals surface area contributed by atoms with Gasteiger partial charge in [0.25, 0.3) is 0 Å². The topological polar surface area (TPSA) is 34.0 Å². The first-order valence-corrected chi connectivity index (χ1v) is 7.34. The van der Waals surface area contributed by atoms with Gasteiger partial charge in [-0.2, -0.15) is 0 Å². The molecule has 0 atom stereocenters. The molecule has 0 saturated carbocycles. The van der Waals surface area contributed by atoms with E-state index >= 15 is 0 Å². The van der Waals surface area contributed by atoms with Gasteiger partial charge in [-0.15, -0.1) is 0 Å². The lowest BCUT2D eigenvalue weighted by molar-refractivity contribution is 0.703. The minimum absolute atomic E-state index is 0.347. The lowest BCUT2D eigenvalue weighted by Gasteiger charge is -2.14. The van der Waals surface area contributed by atoms with E-state index in [1.54, 1.807) is 0 Å². The van der Waals surface area contributed by atoms with Gasteiger partial charge in [-0.05, 0) is 32.1 Å². The van der Waals surface area contributed by atoms with E-state index in [0.29, 0.717) is 5.43 Å². The van der Waals surface area contributed by atoms with Crippen molar-refractivity contribution in [2.24, 2.45) is 0 Å². The summed E-state index contributed by atoms with van der Waals surface area (Å²) in [7, 11) is 0. The molecule has 1 aliphatic heterocycles. The van der Waals surface area contributed by atoms with Crippen LogP contribution in [-0.4, -0.2) is 11.1 Å². The summed E-state index contributed by atoms with van der Waals surface area (Å²) in [4.78, 5) is 12.6. The molecule has 0 bridgehead atoms. The first kappa shape index (κ1) is 11.8. The van der Waals surface area contributed by atoms with E-state index in [9.17, 15) is 4.79 Å². The zero-order valence-electron chi connectivity index (χ0n) is 11.2. The normalized spacial score (nSPS) is 16.5. The van der Waals surface area contributed by atoms with Crippen molar-refractivity contribution in [3.8, 4) is 0 Å². The predicted molar refractivity (Wildman–Crippen MR) is 74.4 cm³/mol. The third-order valence-corrected chi connectivity index (χ3v) is 4.28. The minimum atomic E-state index is 0.347. The van der Waals surface area contributed by atoms with Crippen molar-refractivity contribution >= 4 is 5.82 Å². The van der Waals surface area contributed by atoms with Crippen LogP contribution in [0.1, 0.15) is 49.4 Å². The summed E-state index contributed by atoms with van der Waals surface area (Å²) in [5.41, 5.74) is 3.84. The fourth-order valence-electron chi connectivity index (χ4n) is 3.38. The Hall–Kier alpha value is -1.25. The molecule has 1 aromatic heterocycles. The maximum absolute atomic E-state index is 12.6. The van der Waals surface area contributed by atoms with Crippen molar-refractivity contribution in [2.45, 2.75) is 58.4 Å². The van der Waals surface area contributed by atoms with E-state index < -0.39 is 0 Å². The largest absolute Gasteiger partial charge is 0.369 e. The molecule has 0 aromatic carbocycles. The van der Waals surface area contributed by atoms with Crippen LogP contribution in [0.2, 0.25) is 0 Å². The Morgan fingerprint density at radius 3 is 3.00 bits per heavy atom. The fourth-order valence-corrected chi connectivity index (χ4v) is 3.38. The number of nitrogens with zero attached hydrogens (tertiary/aromatic N) is 1. The van der Waals surface area contributed by atoms with Crippen molar-refractivity contribution in [3.05, 3.63) is 27.0 Å². The molecule has 0 amide bonds. The molecular formula is C15H22N2O. The molecule has 0 saturated heterocycles. The number of rotatable bonds is 4. The van der Waals surface area contributed by atoms with Crippen LogP contribution in [-0.2, 0) is 25.8 Å². The molecule has 1 aromatic rings. The molecule has 18 heavy (non-hydrogen) atoms. The lowest BCUT2D eigenvalue weighted by atomic mass is 10.0. The molecule has 3 nitrogen and oxygen atoms in total. The molecule has 2 aliphatic rings. The van der Waals surface area contributed by atoms with E-state index in [1.807, 2.05) is 0 Å². The summed E-state index contributed by atoms with van der Waals surface area (Å²) < 4.78 is 2.38. The van der Waals surface area contributed by atoms with Gasteiger partial charge in [0.05, 0.1) is 0 Å². The standard InChI is InChI=1S/C15H22N2O/c1-2-3-4-6-12-14(18)11-7-5-8-13(11)17-10-9-16-15(12)17/h16H,2-10H2,1H3. The smallest absolute Gasteiger partial charge is 0.190 e. The maximum Gasteiger partial charge on any atom is 0.190 e. The Balaban J connectivity index is 2.03. The SMILES string of the molecule is CCCCCc1c2n(c3c(c1=O)CCC3)CCN2. The second-order valence-electron chi connectivity index (χ2n) is 5.47. The van der Waals surface area contributed by atoms with Crippen molar-refractivity contribution < 1.29 is 0 Å². The fraction of sp³-hybridized carbons (Fsp3) is 0.667. The molecule has 0 spiro atoms. The highest BCUT2D eigenvalue weighted by atomic mass is 16.1. The summed E-state index contributed by atoms with van der Waals surface area (Å²) in [5.74, 6) is 1.14. The monoisotopic (exact) mass is 246 g/mol. The van der Waals surface area contributed by atoms with Crippen LogP contribution < -0.4 is 10.7 Å². The second-order valence-corrected chi connectivity index (χ2v) is 5.47. The zero-order chi connectivity index (χ0) is 12.5. The van der Waals surface area contributed by atoms with E-state index in [4.69, 9.17) is 0 Å². The predicted octanol–water partition coefficient (Wildman–Crippen LogP) is 2.50. The Kier molecular flexibility index (Phi) is 3.14. The summed E-state index contributed by atoms with van der Waals surface area (Å²) in [6, 6.07) is 0. The molecule has 3 heteroatoms. The van der Waals surface area contributed by atoms with Gasteiger partial charge in [0, 0.05) is 29.9 Å². The van der Waals surface area contributed by atoms with Gasteiger partial charge in [-0.25, -0.2) is 0 Å². The maximum atomic E-state index is 12.6. The van der Waals surface area contributed by atoms with Crippen LogP contribution in [0.25, 0.3) is 0 Å². The van der Waals surface area contributed by atoms with E-state index in [2.05, 4.69) is 16.8 Å². The lowest BCUT2D eigenvalue weighted by Crippen LogP contribution is -2.20. The average Bonchev–Trinajstić information content (AvgIpc) is 3.00. The van der Waals surface area contributed by atoms with Crippen molar-refractivity contribution in [1.29, 1.82) is 0 Å². The van der Waals surface area contributed by atoms with Crippen molar-refractivity contribution in [2.75, 3.05) is 11.9 Å². The molecule has 2 heterocycles. The Morgan fingerprint density at radius 1 is 1.28 bits per heavy atom. The van der Waals surface area contributed by atoms with E-state index in [0.717, 1.165) is 62.1 Å². The van der Waals surface area contributed by atoms with Crippen LogP contribution >= 0.6 is 0 Å². The van der Waals surface area contributed by atoms with Crippen LogP contribution in [0.5, 0.6) is 0 Å². The molecule has 0 radical (unpaired) electrons. The molecule has 3 rings (SSSR count). The highest BCUT2D eigenvalue weighted by molar-refractivity contribution is 5.52. The molecule has 1 aliphatic carbocycles. The van der Waals surface area contributed by atoms with Crippen molar-refractivity contribution in [3.63, 3.8) is 0 Å². The number of hydrogen-bond donors (Lipinski definition) is 1. The van der Waals surface area contributed by atoms with Crippen LogP contribution in [0.3, 0.4) is 0 Å². The third kappa shape index (κ3) is 1.76. The highest BCUT2D eigenvalue weighted by Gasteiger charge is 2.26. The van der Waals surface area contributed by atoms with Gasteiger partial charge in [0.1, 0.15) is 5.82 Å². The average molecular weight is 246 g/mol. The zero-order valence-corrected chi connectivity index (χ0v) is 11.2. The second kappa shape index (κ2) is 4.79. The van der Waals surface area contributed by atoms with Crippen molar-refractivity contribution in [1.82, 2.24) is 4.57 Å². The molecular weight excluding hydrogens is 224 g/mol. The first-order chi connectivity index (χ1) is 8.83. The summed E-state index contributed by atoms with van der Waals surface area (Å²) in [6.45, 7) is 4.23. The molecule has 0 unspecified atom stereocenters. The van der Waals surface area contributed by atoms with E-state index in [1.165, 1.54) is 18.5 Å². The van der Waals surface area contributed by atoms with Crippen LogP contribution in [0.4, 0.5) is 5.82 Å². The Bertz CT molecular complexity index is 516. The number of fused-ring (bicyclic) bond motifs is 3. The van der Waals surface area contributed by atoms with Gasteiger partial charge in [0.15, 0.2) is 5.43 Å². The van der Waals surface area contributed by atoms with Gasteiger partial charge >= 0.3 is 0 Å². The van der Waals surface area contributed by atoms with E-state index in [-0.39, 0.29) is 0 Å². The molecule has 1 N–H and O–H groups in total. The van der Waals surface area contributed by atoms with Crippen LogP contribution in [0, 0.1) is 0 Å². The summed E-state index contributed by atoms with van der Waals surface area (Å²) in [6.07, 6.45) is 7.76. The Labute approximate surface area is 108 Å². The number of aromatic nitrogens is 1. The number of pyridine rings is 1. The summed E-state index contributed by atoms with van der Waals surface area (Å²) in [5, 5.41) is 3.43. The van der Waals surface area contributed by atoms with Crippen LogP contribution in [0.15, 0.2) is 4.79 Å². The van der Waals surface area contributed by atoms with Gasteiger partial charge in [-0.1, -0.05) is 19.8 Å². The molecule has 0 fully saturated rings. The third-order valence-electron chi connectivity index (χ3n) is 4.28. The van der Waals surface area contributed by atoms with Gasteiger partial charge in [0.2, 0.25) is 0 Å². The number of nitrogens with one attached hydrogen (secondary N) is 1. The number of anilines is 1. The van der Waals surface area contributed by atoms with Gasteiger partial charge < -0.3 is 9.88 Å². The Morgan fingerprint density at radius 2 is 2.17 bits per heavy atom. The molecule has 98 valence electrons. The summed E-state index contributed by atoms with van der Waals surface area (Å²) >= 11 is 0. The van der Waals surface area contributed by atoms with Gasteiger partial charge in [-0.3, -0.25) is 4.79 Å². The number of hydrogen-bond acceptors (Lipinski definition) is 2. The number of unbranched alkanes of at least 4 members (excludes halogenated alkanes) is 2.